The van der Waals surface area contributed by atoms with E-state index in [2.05, 4.69) is 20.9 Å². The van der Waals surface area contributed by atoms with Gasteiger partial charge in [0.15, 0.2) is 12.2 Å². The highest BCUT2D eigenvalue weighted by Gasteiger charge is 2.12. The largest absolute Gasteiger partial charge is 0.443 e. The third-order valence-electron chi connectivity index (χ3n) is 2.01. The third kappa shape index (κ3) is 2.07. The van der Waals surface area contributed by atoms with E-state index in [0.29, 0.717) is 17.3 Å². The van der Waals surface area contributed by atoms with E-state index in [1.54, 1.807) is 12.1 Å². The molecule has 1 heterocycles. The summed E-state index contributed by atoms with van der Waals surface area (Å²) in [6.45, 7) is 0.348. The zero-order chi connectivity index (χ0) is 10.8. The normalized spacial score (nSPS) is 10.6. The molecule has 0 bridgehead atoms. The minimum Gasteiger partial charge on any atom is -0.443 e. The van der Waals surface area contributed by atoms with Gasteiger partial charge in [-0.15, -0.1) is 0 Å². The molecule has 78 valence electrons. The summed E-state index contributed by atoms with van der Waals surface area (Å²) in [5.41, 5.74) is 7.18. The molecule has 2 rings (SSSR count). The maximum Gasteiger partial charge on any atom is 0.181 e. The molecule has 0 aliphatic carbocycles. The summed E-state index contributed by atoms with van der Waals surface area (Å²) < 4.78 is 6.16. The SMILES string of the molecule is NCc1ncoc1-c1ccc(Cl)cc1Br. The molecule has 2 aromatic rings. The monoisotopic (exact) mass is 286 g/mol. The van der Waals surface area contributed by atoms with E-state index in [-0.39, 0.29) is 0 Å². The summed E-state index contributed by atoms with van der Waals surface area (Å²) in [5, 5.41) is 0.666. The van der Waals surface area contributed by atoms with Gasteiger partial charge in [-0.2, -0.15) is 0 Å². The van der Waals surface area contributed by atoms with Crippen LogP contribution in [0.3, 0.4) is 0 Å². The van der Waals surface area contributed by atoms with Crippen molar-refractivity contribution in [3.05, 3.63) is 39.8 Å². The zero-order valence-corrected chi connectivity index (χ0v) is 10.0. The van der Waals surface area contributed by atoms with Crippen molar-refractivity contribution >= 4 is 27.5 Å². The number of aromatic nitrogens is 1. The minimum absolute atomic E-state index is 0.348. The molecular weight excluding hydrogens is 279 g/mol. The van der Waals surface area contributed by atoms with E-state index in [1.807, 2.05) is 6.07 Å². The molecule has 0 amide bonds. The van der Waals surface area contributed by atoms with Gasteiger partial charge in [0.1, 0.15) is 5.69 Å². The molecule has 3 nitrogen and oxygen atoms in total. The molecule has 2 N–H and O–H groups in total. The molecule has 0 radical (unpaired) electrons. The Balaban J connectivity index is 2.54. The van der Waals surface area contributed by atoms with Gasteiger partial charge in [0.05, 0.1) is 0 Å². The summed E-state index contributed by atoms with van der Waals surface area (Å²) in [6.07, 6.45) is 1.39. The number of nitrogens with two attached hydrogens (primary N) is 1. The molecule has 1 aromatic carbocycles. The van der Waals surface area contributed by atoms with Crippen LogP contribution in [0.2, 0.25) is 5.02 Å². The van der Waals surface area contributed by atoms with Gasteiger partial charge >= 0.3 is 0 Å². The highest BCUT2D eigenvalue weighted by Crippen LogP contribution is 2.32. The summed E-state index contributed by atoms with van der Waals surface area (Å²) in [6, 6.07) is 5.47. The molecule has 0 saturated heterocycles. The van der Waals surface area contributed by atoms with Crippen LogP contribution in [0.5, 0.6) is 0 Å². The Morgan fingerprint density at radius 1 is 1.47 bits per heavy atom. The van der Waals surface area contributed by atoms with E-state index >= 15 is 0 Å². The van der Waals surface area contributed by atoms with E-state index in [4.69, 9.17) is 21.8 Å². The highest BCUT2D eigenvalue weighted by atomic mass is 79.9. The summed E-state index contributed by atoms with van der Waals surface area (Å²) in [4.78, 5) is 4.03. The highest BCUT2D eigenvalue weighted by molar-refractivity contribution is 9.10. The van der Waals surface area contributed by atoms with Crippen molar-refractivity contribution in [2.75, 3.05) is 0 Å². The van der Waals surface area contributed by atoms with Gasteiger partial charge in [-0.3, -0.25) is 0 Å². The maximum atomic E-state index is 5.85. The topological polar surface area (TPSA) is 52.0 Å². The summed E-state index contributed by atoms with van der Waals surface area (Å²) in [5.74, 6) is 0.682. The number of benzene rings is 1. The Morgan fingerprint density at radius 2 is 2.27 bits per heavy atom. The first-order valence-electron chi connectivity index (χ1n) is 4.30. The molecule has 0 spiro atoms. The molecule has 0 unspecified atom stereocenters. The molecule has 15 heavy (non-hydrogen) atoms. The predicted octanol–water partition coefficient (Wildman–Crippen LogP) is 3.22. The van der Waals surface area contributed by atoms with Crippen LogP contribution in [0.15, 0.2) is 33.5 Å². The van der Waals surface area contributed by atoms with Crippen LogP contribution in [0, 0.1) is 0 Å². The van der Waals surface area contributed by atoms with Crippen molar-refractivity contribution in [3.8, 4) is 11.3 Å². The Morgan fingerprint density at radius 3 is 2.93 bits per heavy atom. The molecule has 0 aliphatic rings. The Bertz CT molecular complexity index is 484. The maximum absolute atomic E-state index is 5.85. The van der Waals surface area contributed by atoms with Crippen molar-refractivity contribution in [2.24, 2.45) is 5.73 Å². The lowest BCUT2D eigenvalue weighted by molar-refractivity contribution is 0.570. The van der Waals surface area contributed by atoms with Crippen molar-refractivity contribution < 1.29 is 4.42 Å². The average molecular weight is 288 g/mol. The predicted molar refractivity (Wildman–Crippen MR) is 62.5 cm³/mol. The van der Waals surface area contributed by atoms with Gasteiger partial charge < -0.3 is 10.2 Å². The second-order valence-electron chi connectivity index (χ2n) is 2.96. The first kappa shape index (κ1) is 10.7. The van der Waals surface area contributed by atoms with Crippen LogP contribution >= 0.6 is 27.5 Å². The van der Waals surface area contributed by atoms with Crippen molar-refractivity contribution in [3.63, 3.8) is 0 Å². The lowest BCUT2D eigenvalue weighted by Crippen LogP contribution is -1.98. The summed E-state index contributed by atoms with van der Waals surface area (Å²) >= 11 is 9.27. The standard InChI is InChI=1S/C10H8BrClN2O/c11-8-3-6(12)1-2-7(8)10-9(4-13)14-5-15-10/h1-3,5H,4,13H2. The second-order valence-corrected chi connectivity index (χ2v) is 4.25. The fraction of sp³-hybridized carbons (Fsp3) is 0.100. The molecule has 0 fully saturated rings. The fourth-order valence-electron chi connectivity index (χ4n) is 1.31. The molecule has 5 heteroatoms. The first-order valence-corrected chi connectivity index (χ1v) is 5.47. The molecule has 0 saturated carbocycles. The van der Waals surface area contributed by atoms with Crippen molar-refractivity contribution in [1.82, 2.24) is 4.98 Å². The van der Waals surface area contributed by atoms with Crippen molar-refractivity contribution in [1.29, 1.82) is 0 Å². The lowest BCUT2D eigenvalue weighted by atomic mass is 10.1. The van der Waals surface area contributed by atoms with Crippen molar-refractivity contribution in [2.45, 2.75) is 6.54 Å². The molecule has 0 atom stereocenters. The van der Waals surface area contributed by atoms with Gasteiger partial charge in [-0.25, -0.2) is 4.98 Å². The molecule has 1 aromatic heterocycles. The van der Waals surface area contributed by atoms with Crippen LogP contribution in [-0.4, -0.2) is 4.98 Å². The van der Waals surface area contributed by atoms with Gasteiger partial charge in [-0.05, 0) is 34.1 Å². The van der Waals surface area contributed by atoms with Crippen LogP contribution in [0.4, 0.5) is 0 Å². The van der Waals surface area contributed by atoms with Crippen LogP contribution < -0.4 is 5.73 Å². The number of oxazole rings is 1. The lowest BCUT2D eigenvalue weighted by Gasteiger charge is -2.02. The van der Waals surface area contributed by atoms with Gasteiger partial charge in [0.25, 0.3) is 0 Å². The minimum atomic E-state index is 0.348. The smallest absolute Gasteiger partial charge is 0.181 e. The number of rotatable bonds is 2. The number of hydrogen-bond acceptors (Lipinski definition) is 3. The third-order valence-corrected chi connectivity index (χ3v) is 2.90. The number of hydrogen-bond donors (Lipinski definition) is 1. The van der Waals surface area contributed by atoms with Crippen LogP contribution in [0.25, 0.3) is 11.3 Å². The second kappa shape index (κ2) is 4.35. The fourth-order valence-corrected chi connectivity index (χ4v) is 2.17. The van der Waals surface area contributed by atoms with E-state index in [0.717, 1.165) is 15.7 Å². The van der Waals surface area contributed by atoms with E-state index in [9.17, 15) is 0 Å². The average Bonchev–Trinajstić information content (AvgIpc) is 2.65. The number of nitrogens with zero attached hydrogens (tertiary/aromatic N) is 1. The Labute approximate surface area is 100 Å². The zero-order valence-electron chi connectivity index (χ0n) is 7.71. The van der Waals surface area contributed by atoms with Crippen LogP contribution in [0.1, 0.15) is 5.69 Å². The van der Waals surface area contributed by atoms with E-state index < -0.39 is 0 Å². The Kier molecular flexibility index (Phi) is 3.09. The van der Waals surface area contributed by atoms with Gasteiger partial charge in [0, 0.05) is 21.6 Å². The van der Waals surface area contributed by atoms with E-state index in [1.165, 1.54) is 6.39 Å². The molecular formula is C10H8BrClN2O. The first-order chi connectivity index (χ1) is 7.22. The summed E-state index contributed by atoms with van der Waals surface area (Å²) in [7, 11) is 0. The van der Waals surface area contributed by atoms with Gasteiger partial charge in [0.2, 0.25) is 0 Å². The quantitative estimate of drug-likeness (QED) is 0.922. The van der Waals surface area contributed by atoms with Gasteiger partial charge in [-0.1, -0.05) is 11.6 Å². The van der Waals surface area contributed by atoms with Crippen LogP contribution in [-0.2, 0) is 6.54 Å². The molecule has 0 aliphatic heterocycles. The Hall–Kier alpha value is -0.840. The number of halogens is 2.